The lowest BCUT2D eigenvalue weighted by atomic mass is 10.2. The third-order valence-electron chi connectivity index (χ3n) is 2.75. The standard InChI is InChI=1S/C10H21N3O/c1-8(5-6-12(3)4)13-7-11-9(2)10(13)14/h8-9,11H,5-7H2,1-4H3. The number of rotatable bonds is 4. The smallest absolute Gasteiger partial charge is 0.240 e. The van der Waals surface area contributed by atoms with Crippen LogP contribution in [0.4, 0.5) is 0 Å². The Kier molecular flexibility index (Phi) is 3.89. The Morgan fingerprint density at radius 1 is 1.64 bits per heavy atom. The molecule has 0 aromatic heterocycles. The Balaban J connectivity index is 2.37. The van der Waals surface area contributed by atoms with Gasteiger partial charge in [-0.15, -0.1) is 0 Å². The Morgan fingerprint density at radius 3 is 2.71 bits per heavy atom. The Bertz CT molecular complexity index is 206. The Labute approximate surface area is 86.2 Å². The van der Waals surface area contributed by atoms with Crippen LogP contribution >= 0.6 is 0 Å². The molecular weight excluding hydrogens is 178 g/mol. The first-order chi connectivity index (χ1) is 6.52. The molecule has 1 heterocycles. The van der Waals surface area contributed by atoms with Crippen LogP contribution in [-0.4, -0.2) is 55.1 Å². The van der Waals surface area contributed by atoms with Gasteiger partial charge in [-0.25, -0.2) is 0 Å². The van der Waals surface area contributed by atoms with E-state index in [1.54, 1.807) is 0 Å². The Morgan fingerprint density at radius 2 is 2.29 bits per heavy atom. The summed E-state index contributed by atoms with van der Waals surface area (Å²) in [5.74, 6) is 0.233. The summed E-state index contributed by atoms with van der Waals surface area (Å²) in [5.41, 5.74) is 0. The quantitative estimate of drug-likeness (QED) is 0.698. The lowest BCUT2D eigenvalue weighted by Gasteiger charge is -2.24. The minimum absolute atomic E-state index is 0.00296. The monoisotopic (exact) mass is 199 g/mol. The van der Waals surface area contributed by atoms with Crippen molar-refractivity contribution >= 4 is 5.91 Å². The van der Waals surface area contributed by atoms with E-state index < -0.39 is 0 Å². The molecule has 82 valence electrons. The second kappa shape index (κ2) is 4.75. The third kappa shape index (κ3) is 2.69. The second-order valence-electron chi connectivity index (χ2n) is 4.33. The van der Waals surface area contributed by atoms with Crippen LogP contribution in [0.25, 0.3) is 0 Å². The third-order valence-corrected chi connectivity index (χ3v) is 2.75. The van der Waals surface area contributed by atoms with Gasteiger partial charge in [-0.1, -0.05) is 0 Å². The van der Waals surface area contributed by atoms with Gasteiger partial charge < -0.3 is 9.80 Å². The first-order valence-corrected chi connectivity index (χ1v) is 5.21. The molecule has 1 N–H and O–H groups in total. The van der Waals surface area contributed by atoms with Crippen molar-refractivity contribution in [1.82, 2.24) is 15.1 Å². The summed E-state index contributed by atoms with van der Waals surface area (Å²) in [7, 11) is 4.11. The molecule has 2 unspecified atom stereocenters. The van der Waals surface area contributed by atoms with Crippen LogP contribution in [0.3, 0.4) is 0 Å². The van der Waals surface area contributed by atoms with Crippen LogP contribution in [-0.2, 0) is 4.79 Å². The summed E-state index contributed by atoms with van der Waals surface area (Å²) in [4.78, 5) is 15.7. The minimum Gasteiger partial charge on any atom is -0.326 e. The van der Waals surface area contributed by atoms with Crippen molar-refractivity contribution in [3.05, 3.63) is 0 Å². The highest BCUT2D eigenvalue weighted by Gasteiger charge is 2.30. The van der Waals surface area contributed by atoms with E-state index in [0.29, 0.717) is 12.7 Å². The zero-order valence-electron chi connectivity index (χ0n) is 9.58. The average molecular weight is 199 g/mol. The number of nitrogens with one attached hydrogen (secondary N) is 1. The first-order valence-electron chi connectivity index (χ1n) is 5.21. The molecule has 1 fully saturated rings. The molecule has 1 aliphatic rings. The molecular formula is C10H21N3O. The van der Waals surface area contributed by atoms with E-state index in [-0.39, 0.29) is 11.9 Å². The highest BCUT2D eigenvalue weighted by atomic mass is 16.2. The summed E-state index contributed by atoms with van der Waals surface area (Å²) >= 11 is 0. The predicted molar refractivity (Wildman–Crippen MR) is 56.9 cm³/mol. The SMILES string of the molecule is CC1NCN(C(C)CCN(C)C)C1=O. The second-order valence-corrected chi connectivity index (χ2v) is 4.33. The van der Waals surface area contributed by atoms with Crippen LogP contribution in [0.1, 0.15) is 20.3 Å². The lowest BCUT2D eigenvalue weighted by molar-refractivity contribution is -0.130. The van der Waals surface area contributed by atoms with Crippen molar-refractivity contribution in [2.75, 3.05) is 27.3 Å². The zero-order valence-corrected chi connectivity index (χ0v) is 9.58. The van der Waals surface area contributed by atoms with Gasteiger partial charge in [-0.2, -0.15) is 0 Å². The summed E-state index contributed by atoms with van der Waals surface area (Å²) in [5, 5.41) is 3.15. The van der Waals surface area contributed by atoms with E-state index >= 15 is 0 Å². The first kappa shape index (κ1) is 11.5. The van der Waals surface area contributed by atoms with Gasteiger partial charge in [0.25, 0.3) is 0 Å². The fourth-order valence-corrected chi connectivity index (χ4v) is 1.62. The number of hydrogen-bond acceptors (Lipinski definition) is 3. The summed E-state index contributed by atoms with van der Waals surface area (Å²) in [6.45, 7) is 5.76. The number of hydrogen-bond donors (Lipinski definition) is 1. The van der Waals surface area contributed by atoms with Crippen LogP contribution < -0.4 is 5.32 Å². The molecule has 14 heavy (non-hydrogen) atoms. The highest BCUT2D eigenvalue weighted by molar-refractivity contribution is 5.83. The molecule has 0 aliphatic carbocycles. The fraction of sp³-hybridized carbons (Fsp3) is 0.900. The van der Waals surface area contributed by atoms with Gasteiger partial charge >= 0.3 is 0 Å². The molecule has 0 radical (unpaired) electrons. The Hall–Kier alpha value is -0.610. The largest absolute Gasteiger partial charge is 0.326 e. The molecule has 1 saturated heterocycles. The van der Waals surface area contributed by atoms with Gasteiger partial charge in [-0.05, 0) is 40.9 Å². The van der Waals surface area contributed by atoms with Crippen molar-refractivity contribution in [1.29, 1.82) is 0 Å². The summed E-state index contributed by atoms with van der Waals surface area (Å²) in [6, 6.07) is 0.333. The van der Waals surface area contributed by atoms with Crippen LogP contribution in [0.2, 0.25) is 0 Å². The van der Waals surface area contributed by atoms with E-state index in [0.717, 1.165) is 13.0 Å². The topological polar surface area (TPSA) is 35.6 Å². The molecule has 0 saturated carbocycles. The zero-order chi connectivity index (χ0) is 10.7. The van der Waals surface area contributed by atoms with E-state index in [1.807, 2.05) is 11.8 Å². The maximum Gasteiger partial charge on any atom is 0.240 e. The van der Waals surface area contributed by atoms with E-state index in [1.165, 1.54) is 0 Å². The molecule has 0 spiro atoms. The fourth-order valence-electron chi connectivity index (χ4n) is 1.62. The van der Waals surface area contributed by atoms with E-state index in [4.69, 9.17) is 0 Å². The van der Waals surface area contributed by atoms with E-state index in [9.17, 15) is 4.79 Å². The van der Waals surface area contributed by atoms with Crippen LogP contribution in [0.5, 0.6) is 0 Å². The molecule has 0 bridgehead atoms. The molecule has 4 heteroatoms. The predicted octanol–water partition coefficient (Wildman–Crippen LogP) is 0.104. The summed E-state index contributed by atoms with van der Waals surface area (Å²) in [6.07, 6.45) is 1.03. The minimum atomic E-state index is -0.00296. The van der Waals surface area contributed by atoms with Gasteiger partial charge in [0, 0.05) is 6.04 Å². The number of nitrogens with zero attached hydrogens (tertiary/aromatic N) is 2. The van der Waals surface area contributed by atoms with Crippen molar-refractivity contribution in [3.63, 3.8) is 0 Å². The van der Waals surface area contributed by atoms with Crippen molar-refractivity contribution in [3.8, 4) is 0 Å². The normalized spacial score (nSPS) is 24.8. The van der Waals surface area contributed by atoms with Gasteiger partial charge in [0.2, 0.25) is 5.91 Å². The van der Waals surface area contributed by atoms with Gasteiger partial charge in [0.1, 0.15) is 0 Å². The highest BCUT2D eigenvalue weighted by Crippen LogP contribution is 2.10. The van der Waals surface area contributed by atoms with Gasteiger partial charge in [0.05, 0.1) is 12.7 Å². The molecule has 2 atom stereocenters. The maximum atomic E-state index is 11.6. The van der Waals surface area contributed by atoms with E-state index in [2.05, 4.69) is 31.2 Å². The molecule has 1 aliphatic heterocycles. The molecule has 0 aromatic carbocycles. The van der Waals surface area contributed by atoms with Crippen LogP contribution in [0.15, 0.2) is 0 Å². The van der Waals surface area contributed by atoms with Crippen molar-refractivity contribution in [2.24, 2.45) is 0 Å². The number of carbonyl (C=O) groups excluding carboxylic acids is 1. The van der Waals surface area contributed by atoms with Crippen molar-refractivity contribution < 1.29 is 4.79 Å². The average Bonchev–Trinajstić information content (AvgIpc) is 2.44. The molecule has 4 nitrogen and oxygen atoms in total. The molecule has 0 aromatic rings. The van der Waals surface area contributed by atoms with Gasteiger partial charge in [-0.3, -0.25) is 10.1 Å². The maximum absolute atomic E-state index is 11.6. The number of carbonyl (C=O) groups is 1. The molecule has 1 rings (SSSR count). The number of amides is 1. The molecule has 1 amide bonds. The van der Waals surface area contributed by atoms with Crippen LogP contribution in [0, 0.1) is 0 Å². The van der Waals surface area contributed by atoms with Crippen molar-refractivity contribution in [2.45, 2.75) is 32.4 Å². The lowest BCUT2D eigenvalue weighted by Crippen LogP contribution is -2.38. The summed E-state index contributed by atoms with van der Waals surface area (Å²) < 4.78 is 0. The van der Waals surface area contributed by atoms with Gasteiger partial charge in [0.15, 0.2) is 0 Å².